The molecule has 1 unspecified atom stereocenters. The van der Waals surface area contributed by atoms with Gasteiger partial charge in [-0.05, 0) is 56.4 Å². The monoisotopic (exact) mass is 524 g/mol. The summed E-state index contributed by atoms with van der Waals surface area (Å²) < 4.78 is 46.2. The van der Waals surface area contributed by atoms with Crippen LogP contribution in [-0.4, -0.2) is 51.4 Å². The summed E-state index contributed by atoms with van der Waals surface area (Å²) in [5.41, 5.74) is -0.187. The molecule has 0 saturated carbocycles. The number of carbonyl (C=O) groups excluding carboxylic acids is 2. The zero-order chi connectivity index (χ0) is 26.9. The molecule has 1 aliphatic rings. The summed E-state index contributed by atoms with van der Waals surface area (Å²) in [6.45, 7) is 1.58. The Labute approximate surface area is 215 Å². The largest absolute Gasteiger partial charge is 0.438 e. The lowest BCUT2D eigenvalue weighted by Gasteiger charge is -2.10. The van der Waals surface area contributed by atoms with Gasteiger partial charge in [0.05, 0.1) is 17.7 Å². The third kappa shape index (κ3) is 5.75. The topological polar surface area (TPSA) is 101 Å². The van der Waals surface area contributed by atoms with Crippen molar-refractivity contribution >= 4 is 29.0 Å². The average Bonchev–Trinajstić information content (AvgIpc) is 3.49. The van der Waals surface area contributed by atoms with E-state index in [2.05, 4.69) is 25.6 Å². The van der Waals surface area contributed by atoms with Crippen molar-refractivity contribution in [1.29, 1.82) is 0 Å². The predicted octanol–water partition coefficient (Wildman–Crippen LogP) is 4.68. The van der Waals surface area contributed by atoms with Crippen molar-refractivity contribution in [1.82, 2.24) is 19.5 Å². The summed E-state index contributed by atoms with van der Waals surface area (Å²) >= 11 is 0. The van der Waals surface area contributed by atoms with Gasteiger partial charge < -0.3 is 20.3 Å². The highest BCUT2D eigenvalue weighted by atomic mass is 19.4. The van der Waals surface area contributed by atoms with Gasteiger partial charge in [0.2, 0.25) is 11.8 Å². The highest BCUT2D eigenvalue weighted by Crippen LogP contribution is 2.30. The van der Waals surface area contributed by atoms with Crippen LogP contribution in [0.1, 0.15) is 22.3 Å². The Balaban J connectivity index is 1.26. The van der Waals surface area contributed by atoms with Crippen LogP contribution in [0.3, 0.4) is 0 Å². The summed E-state index contributed by atoms with van der Waals surface area (Å²) in [4.78, 5) is 31.5. The molecule has 196 valence electrons. The van der Waals surface area contributed by atoms with Gasteiger partial charge in [0, 0.05) is 29.9 Å². The molecule has 1 saturated heterocycles. The minimum atomic E-state index is -4.55. The molecular formula is C26H23F3N6O3. The Kier molecular flexibility index (Phi) is 6.72. The fourth-order valence-electron chi connectivity index (χ4n) is 4.15. The zero-order valence-electron chi connectivity index (χ0n) is 20.2. The number of carbonyl (C=O) groups is 2. The van der Waals surface area contributed by atoms with E-state index in [-0.39, 0.29) is 23.3 Å². The number of rotatable bonds is 6. The quantitative estimate of drug-likeness (QED) is 0.380. The molecule has 2 aromatic carbocycles. The van der Waals surface area contributed by atoms with Gasteiger partial charge in [0.1, 0.15) is 5.75 Å². The summed E-state index contributed by atoms with van der Waals surface area (Å²) in [6, 6.07) is 13.8. The molecular weight excluding hydrogens is 501 g/mol. The molecule has 2 amide bonds. The molecule has 38 heavy (non-hydrogen) atoms. The van der Waals surface area contributed by atoms with Gasteiger partial charge in [-0.15, -0.1) is 5.10 Å². The van der Waals surface area contributed by atoms with Crippen molar-refractivity contribution in [3.63, 3.8) is 0 Å². The van der Waals surface area contributed by atoms with Crippen LogP contribution < -0.4 is 15.4 Å². The first-order chi connectivity index (χ1) is 18.1. The molecule has 4 aromatic rings. The number of hydrogen-bond acceptors (Lipinski definition) is 6. The number of amides is 2. The van der Waals surface area contributed by atoms with Crippen molar-refractivity contribution < 1.29 is 27.5 Å². The first-order valence-corrected chi connectivity index (χ1v) is 11.8. The average molecular weight is 525 g/mol. The maximum absolute atomic E-state index is 13.0. The lowest BCUT2D eigenvalue weighted by molar-refractivity contribution is -0.137. The van der Waals surface area contributed by atoms with Crippen LogP contribution in [-0.2, 0) is 11.0 Å². The number of halogens is 3. The molecule has 12 heteroatoms. The van der Waals surface area contributed by atoms with Gasteiger partial charge in [0.15, 0.2) is 11.5 Å². The number of nitrogens with zero attached hydrogens (tertiary/aromatic N) is 4. The van der Waals surface area contributed by atoms with Crippen molar-refractivity contribution in [2.24, 2.45) is 5.92 Å². The third-order valence-electron chi connectivity index (χ3n) is 6.08. The minimum Gasteiger partial charge on any atom is -0.438 e. The second-order valence-electron chi connectivity index (χ2n) is 9.00. The van der Waals surface area contributed by atoms with Crippen LogP contribution in [0.2, 0.25) is 0 Å². The molecule has 9 nitrogen and oxygen atoms in total. The first kappa shape index (κ1) is 25.2. The molecule has 0 radical (unpaired) electrons. The third-order valence-corrected chi connectivity index (χ3v) is 6.08. The second kappa shape index (κ2) is 10.1. The molecule has 0 spiro atoms. The number of fused-ring (bicyclic) bond motifs is 1. The van der Waals surface area contributed by atoms with E-state index in [4.69, 9.17) is 4.74 Å². The summed E-state index contributed by atoms with van der Waals surface area (Å²) in [7, 11) is 1.98. The van der Waals surface area contributed by atoms with E-state index in [0.29, 0.717) is 29.4 Å². The van der Waals surface area contributed by atoms with Crippen molar-refractivity contribution in [3.05, 3.63) is 78.0 Å². The normalized spacial score (nSPS) is 15.9. The molecule has 1 atom stereocenters. The first-order valence-electron chi connectivity index (χ1n) is 11.8. The Morgan fingerprint density at radius 3 is 2.63 bits per heavy atom. The number of nitrogens with one attached hydrogen (secondary N) is 2. The molecule has 0 bridgehead atoms. The maximum Gasteiger partial charge on any atom is 0.416 e. The Hall–Kier alpha value is -4.45. The number of likely N-dealkylation sites (tertiary alicyclic amines) is 1. The van der Waals surface area contributed by atoms with Crippen LogP contribution in [0.5, 0.6) is 11.6 Å². The van der Waals surface area contributed by atoms with Crippen LogP contribution in [0.25, 0.3) is 5.65 Å². The van der Waals surface area contributed by atoms with E-state index in [1.807, 2.05) is 7.05 Å². The number of anilines is 2. The van der Waals surface area contributed by atoms with Crippen LogP contribution >= 0.6 is 0 Å². The number of ether oxygens (including phenoxy) is 1. The zero-order valence-corrected chi connectivity index (χ0v) is 20.2. The van der Waals surface area contributed by atoms with Crippen LogP contribution in [0, 0.1) is 5.92 Å². The van der Waals surface area contributed by atoms with Crippen molar-refractivity contribution in [3.8, 4) is 11.6 Å². The fraction of sp³-hybridized carbons (Fsp3) is 0.231. The van der Waals surface area contributed by atoms with E-state index in [9.17, 15) is 22.8 Å². The molecule has 2 aromatic heterocycles. The predicted molar refractivity (Wildman–Crippen MR) is 133 cm³/mol. The Morgan fingerprint density at radius 2 is 1.87 bits per heavy atom. The van der Waals surface area contributed by atoms with Gasteiger partial charge >= 0.3 is 6.18 Å². The van der Waals surface area contributed by atoms with E-state index in [1.165, 1.54) is 22.7 Å². The molecule has 3 heterocycles. The van der Waals surface area contributed by atoms with Gasteiger partial charge in [-0.2, -0.15) is 13.2 Å². The van der Waals surface area contributed by atoms with Crippen molar-refractivity contribution in [2.75, 3.05) is 30.8 Å². The number of imidazole rings is 1. The molecule has 0 aliphatic carbocycles. The highest BCUT2D eigenvalue weighted by Gasteiger charge is 2.31. The second-order valence-corrected chi connectivity index (χ2v) is 9.00. The Morgan fingerprint density at radius 1 is 1.05 bits per heavy atom. The number of alkyl halides is 3. The summed E-state index contributed by atoms with van der Waals surface area (Å²) in [5, 5.41) is 9.77. The Bertz CT molecular complexity index is 1500. The minimum absolute atomic E-state index is 0.0850. The van der Waals surface area contributed by atoms with E-state index in [0.717, 1.165) is 25.1 Å². The van der Waals surface area contributed by atoms with E-state index >= 15 is 0 Å². The molecule has 1 aliphatic heterocycles. The SMILES string of the molecule is CN1CCC(C(=O)Nc2cn3nc(Oc4cccc(NC(=O)c5cccc(C(F)(F)F)c5)c4)ccc3n2)C1. The molecule has 5 rings (SSSR count). The highest BCUT2D eigenvalue weighted by molar-refractivity contribution is 6.04. The van der Waals surface area contributed by atoms with Gasteiger partial charge in [-0.3, -0.25) is 9.59 Å². The van der Waals surface area contributed by atoms with Crippen molar-refractivity contribution in [2.45, 2.75) is 12.6 Å². The lowest BCUT2D eigenvalue weighted by atomic mass is 10.1. The number of aromatic nitrogens is 3. The molecule has 2 N–H and O–H groups in total. The maximum atomic E-state index is 13.0. The van der Waals surface area contributed by atoms with Gasteiger partial charge in [0.25, 0.3) is 5.91 Å². The number of benzene rings is 2. The molecule has 1 fully saturated rings. The smallest absolute Gasteiger partial charge is 0.416 e. The standard InChI is InChI=1S/C26H23F3N6O3/c1-34-11-10-17(14-34)25(37)32-21-15-35-22(31-21)8-9-23(33-35)38-20-7-3-6-19(13-20)30-24(36)16-4-2-5-18(12-16)26(27,28)29/h2-9,12-13,15,17H,10-11,14H2,1H3,(H,30,36)(H,32,37). The van der Waals surface area contributed by atoms with Gasteiger partial charge in [-0.25, -0.2) is 9.50 Å². The number of hydrogen-bond donors (Lipinski definition) is 2. The van der Waals surface area contributed by atoms with Gasteiger partial charge in [-0.1, -0.05) is 12.1 Å². The van der Waals surface area contributed by atoms with E-state index < -0.39 is 17.6 Å². The van der Waals surface area contributed by atoms with E-state index in [1.54, 1.807) is 36.5 Å². The summed E-state index contributed by atoms with van der Waals surface area (Å²) in [5.74, 6) is 0.0963. The van der Waals surface area contributed by atoms with Crippen LogP contribution in [0.15, 0.2) is 66.9 Å². The van der Waals surface area contributed by atoms with Crippen LogP contribution in [0.4, 0.5) is 24.7 Å². The summed E-state index contributed by atoms with van der Waals surface area (Å²) in [6.07, 6.45) is -2.16. The fourth-order valence-corrected chi connectivity index (χ4v) is 4.15. The lowest BCUT2D eigenvalue weighted by Crippen LogP contribution is -2.25.